The molecule has 3 nitrogen and oxygen atoms in total. The summed E-state index contributed by atoms with van der Waals surface area (Å²) in [6, 6.07) is 14.9. The maximum absolute atomic E-state index is 12.3. The van der Waals surface area contributed by atoms with E-state index in [2.05, 4.69) is 0 Å². The molecule has 88 valence electrons. The van der Waals surface area contributed by atoms with Crippen molar-refractivity contribution in [2.24, 2.45) is 0 Å². The van der Waals surface area contributed by atoms with Crippen molar-refractivity contribution in [2.45, 2.75) is 9.79 Å². The van der Waals surface area contributed by atoms with Gasteiger partial charge in [-0.2, -0.15) is 0 Å². The number of ether oxygens (including phenoxy) is 1. The van der Waals surface area contributed by atoms with Gasteiger partial charge < -0.3 is 4.74 Å². The predicted octanol–water partition coefficient (Wildman–Crippen LogP) is 2.53. The van der Waals surface area contributed by atoms with E-state index >= 15 is 0 Å². The van der Waals surface area contributed by atoms with Gasteiger partial charge in [-0.1, -0.05) is 30.3 Å². The summed E-state index contributed by atoms with van der Waals surface area (Å²) in [6.07, 6.45) is 0. The third kappa shape index (κ3) is 2.17. The van der Waals surface area contributed by atoms with Gasteiger partial charge in [-0.05, 0) is 24.3 Å². The van der Waals surface area contributed by atoms with Crippen LogP contribution in [-0.4, -0.2) is 15.5 Å². The first-order valence-corrected chi connectivity index (χ1v) is 6.58. The van der Waals surface area contributed by atoms with Crippen LogP contribution >= 0.6 is 0 Å². The second kappa shape index (κ2) is 4.59. The van der Waals surface area contributed by atoms with Crippen molar-refractivity contribution in [2.75, 3.05) is 7.11 Å². The number of para-hydroxylation sites is 1. The zero-order valence-electron chi connectivity index (χ0n) is 9.33. The van der Waals surface area contributed by atoms with Crippen LogP contribution in [0.1, 0.15) is 0 Å². The molecule has 0 heterocycles. The molecule has 2 rings (SSSR count). The zero-order chi connectivity index (χ0) is 12.3. The Morgan fingerprint density at radius 3 is 2.12 bits per heavy atom. The van der Waals surface area contributed by atoms with Crippen molar-refractivity contribution in [1.29, 1.82) is 0 Å². The maximum atomic E-state index is 12.3. The molecule has 4 heteroatoms. The summed E-state index contributed by atoms with van der Waals surface area (Å²) < 4.78 is 29.7. The molecule has 0 saturated carbocycles. The van der Waals surface area contributed by atoms with Crippen molar-refractivity contribution in [3.63, 3.8) is 0 Å². The van der Waals surface area contributed by atoms with E-state index in [4.69, 9.17) is 4.74 Å². The number of hydrogen-bond acceptors (Lipinski definition) is 3. The third-order valence-corrected chi connectivity index (χ3v) is 4.22. The Morgan fingerprint density at radius 1 is 0.882 bits per heavy atom. The van der Waals surface area contributed by atoms with Crippen LogP contribution in [-0.2, 0) is 9.84 Å². The van der Waals surface area contributed by atoms with Crippen LogP contribution in [0.3, 0.4) is 0 Å². The van der Waals surface area contributed by atoms with E-state index in [1.54, 1.807) is 54.6 Å². The van der Waals surface area contributed by atoms with Crippen molar-refractivity contribution in [3.05, 3.63) is 54.6 Å². The number of rotatable bonds is 3. The Labute approximate surface area is 101 Å². The quantitative estimate of drug-likeness (QED) is 0.838. The van der Waals surface area contributed by atoms with E-state index in [1.807, 2.05) is 0 Å². The van der Waals surface area contributed by atoms with Gasteiger partial charge in [0.15, 0.2) is 0 Å². The van der Waals surface area contributed by atoms with E-state index in [1.165, 1.54) is 7.11 Å². The summed E-state index contributed by atoms with van der Waals surface area (Å²) in [4.78, 5) is 0.457. The molecule has 0 fully saturated rings. The zero-order valence-corrected chi connectivity index (χ0v) is 10.1. The van der Waals surface area contributed by atoms with Crippen LogP contribution in [0.2, 0.25) is 0 Å². The minimum absolute atomic E-state index is 0.189. The Bertz CT molecular complexity index is 604. The van der Waals surface area contributed by atoms with Crippen LogP contribution < -0.4 is 4.74 Å². The predicted molar refractivity (Wildman–Crippen MR) is 64.9 cm³/mol. The Morgan fingerprint density at radius 2 is 1.47 bits per heavy atom. The van der Waals surface area contributed by atoms with E-state index in [-0.39, 0.29) is 9.79 Å². The highest BCUT2D eigenvalue weighted by molar-refractivity contribution is 7.91. The van der Waals surface area contributed by atoms with Crippen molar-refractivity contribution in [3.8, 4) is 5.75 Å². The highest BCUT2D eigenvalue weighted by atomic mass is 32.2. The number of sulfone groups is 1. The molecule has 0 radical (unpaired) electrons. The maximum Gasteiger partial charge on any atom is 0.210 e. The molecule has 0 amide bonds. The molecule has 0 saturated heterocycles. The van der Waals surface area contributed by atoms with Crippen molar-refractivity contribution >= 4 is 9.84 Å². The molecular formula is C13H12O3S. The normalized spacial score (nSPS) is 11.1. The minimum atomic E-state index is -3.51. The van der Waals surface area contributed by atoms with Gasteiger partial charge >= 0.3 is 0 Å². The molecule has 0 spiro atoms. The number of hydrogen-bond donors (Lipinski definition) is 0. The van der Waals surface area contributed by atoms with Crippen LogP contribution in [0, 0.1) is 0 Å². The first kappa shape index (κ1) is 11.7. The molecule has 0 aliphatic rings. The molecule has 0 bridgehead atoms. The summed E-state index contributed by atoms with van der Waals surface area (Å²) >= 11 is 0. The molecular weight excluding hydrogens is 236 g/mol. The second-order valence-electron chi connectivity index (χ2n) is 3.47. The molecule has 0 N–H and O–H groups in total. The van der Waals surface area contributed by atoms with Crippen LogP contribution in [0.4, 0.5) is 0 Å². The van der Waals surface area contributed by atoms with E-state index in [0.717, 1.165) is 0 Å². The van der Waals surface area contributed by atoms with Gasteiger partial charge in [-0.25, -0.2) is 8.42 Å². The molecule has 0 unspecified atom stereocenters. The lowest BCUT2D eigenvalue weighted by Gasteiger charge is -2.08. The summed E-state index contributed by atoms with van der Waals surface area (Å²) in [5.41, 5.74) is 0. The lowest BCUT2D eigenvalue weighted by Crippen LogP contribution is -2.03. The average Bonchev–Trinajstić information content (AvgIpc) is 2.39. The number of benzene rings is 2. The summed E-state index contributed by atoms with van der Waals surface area (Å²) in [6.45, 7) is 0. The topological polar surface area (TPSA) is 43.4 Å². The molecule has 17 heavy (non-hydrogen) atoms. The van der Waals surface area contributed by atoms with Gasteiger partial charge in [0, 0.05) is 0 Å². The smallest absolute Gasteiger partial charge is 0.210 e. The summed E-state index contributed by atoms with van der Waals surface area (Å²) in [7, 11) is -2.05. The fourth-order valence-corrected chi connectivity index (χ4v) is 3.01. The Hall–Kier alpha value is -1.81. The molecule has 2 aromatic rings. The van der Waals surface area contributed by atoms with Gasteiger partial charge in [-0.15, -0.1) is 0 Å². The fraction of sp³-hybridized carbons (Fsp3) is 0.0769. The molecule has 0 atom stereocenters. The van der Waals surface area contributed by atoms with Gasteiger partial charge in [0.05, 0.1) is 12.0 Å². The van der Waals surface area contributed by atoms with Gasteiger partial charge in [0.1, 0.15) is 10.6 Å². The SMILES string of the molecule is COc1ccccc1S(=O)(=O)c1ccccc1. The first-order valence-electron chi connectivity index (χ1n) is 5.09. The lowest BCUT2D eigenvalue weighted by atomic mass is 10.3. The van der Waals surface area contributed by atoms with E-state index in [0.29, 0.717) is 5.75 Å². The molecule has 0 aliphatic carbocycles. The minimum Gasteiger partial charge on any atom is -0.495 e. The Kier molecular flexibility index (Phi) is 3.15. The summed E-state index contributed by atoms with van der Waals surface area (Å²) in [5, 5.41) is 0. The number of methoxy groups -OCH3 is 1. The van der Waals surface area contributed by atoms with Crippen LogP contribution in [0.25, 0.3) is 0 Å². The average molecular weight is 248 g/mol. The van der Waals surface area contributed by atoms with Gasteiger partial charge in [-0.3, -0.25) is 0 Å². The Balaban J connectivity index is 2.61. The fourth-order valence-electron chi connectivity index (χ4n) is 1.57. The second-order valence-corrected chi connectivity index (χ2v) is 5.39. The largest absolute Gasteiger partial charge is 0.495 e. The monoisotopic (exact) mass is 248 g/mol. The van der Waals surface area contributed by atoms with Crippen LogP contribution in [0.5, 0.6) is 5.75 Å². The van der Waals surface area contributed by atoms with Crippen molar-refractivity contribution in [1.82, 2.24) is 0 Å². The standard InChI is InChI=1S/C13H12O3S/c1-16-12-9-5-6-10-13(12)17(14,15)11-7-3-2-4-8-11/h2-10H,1H3. The lowest BCUT2D eigenvalue weighted by molar-refractivity contribution is 0.402. The van der Waals surface area contributed by atoms with E-state index in [9.17, 15) is 8.42 Å². The first-order chi connectivity index (χ1) is 8.16. The van der Waals surface area contributed by atoms with Crippen LogP contribution in [0.15, 0.2) is 64.4 Å². The van der Waals surface area contributed by atoms with Gasteiger partial charge in [0.2, 0.25) is 9.84 Å². The van der Waals surface area contributed by atoms with Crippen molar-refractivity contribution < 1.29 is 13.2 Å². The third-order valence-electron chi connectivity index (χ3n) is 2.41. The molecule has 0 aromatic heterocycles. The highest BCUT2D eigenvalue weighted by Crippen LogP contribution is 2.28. The molecule has 0 aliphatic heterocycles. The molecule has 2 aromatic carbocycles. The van der Waals surface area contributed by atoms with Gasteiger partial charge in [0.25, 0.3) is 0 Å². The highest BCUT2D eigenvalue weighted by Gasteiger charge is 2.20. The summed E-state index contributed by atoms with van der Waals surface area (Å²) in [5.74, 6) is 0.358. The van der Waals surface area contributed by atoms with E-state index < -0.39 is 9.84 Å².